The summed E-state index contributed by atoms with van der Waals surface area (Å²) in [7, 11) is 0. The van der Waals surface area contributed by atoms with Gasteiger partial charge in [0.15, 0.2) is 5.76 Å². The van der Waals surface area contributed by atoms with Crippen LogP contribution in [0.25, 0.3) is 0 Å². The van der Waals surface area contributed by atoms with E-state index in [9.17, 15) is 14.0 Å². The summed E-state index contributed by atoms with van der Waals surface area (Å²) in [5, 5.41) is 5.67. The van der Waals surface area contributed by atoms with Crippen LogP contribution in [0, 0.1) is 11.7 Å². The number of carbonyl (C=O) groups excluding carboxylic acids is 2. The monoisotopic (exact) mass is 416 g/mol. The highest BCUT2D eigenvalue weighted by molar-refractivity contribution is 5.95. The number of rotatable bonds is 8. The summed E-state index contributed by atoms with van der Waals surface area (Å²) in [4.78, 5) is 29.3. The van der Waals surface area contributed by atoms with Crippen LogP contribution in [0.1, 0.15) is 24.4 Å². The summed E-state index contributed by atoms with van der Waals surface area (Å²) in [6.07, 6.45) is 1.43. The van der Waals surface area contributed by atoms with Crippen molar-refractivity contribution in [1.82, 2.24) is 15.5 Å². The largest absolute Gasteiger partial charge is 0.459 e. The highest BCUT2D eigenvalue weighted by Gasteiger charge is 2.25. The lowest BCUT2D eigenvalue weighted by Gasteiger charge is -2.36. The number of benzene rings is 1. The first-order valence-electron chi connectivity index (χ1n) is 10.3. The molecule has 0 bridgehead atoms. The average Bonchev–Trinajstić information content (AvgIpc) is 3.28. The zero-order valence-corrected chi connectivity index (χ0v) is 17.4. The van der Waals surface area contributed by atoms with E-state index in [1.807, 2.05) is 13.8 Å². The average molecular weight is 416 g/mol. The Balaban J connectivity index is 1.41. The van der Waals surface area contributed by atoms with Gasteiger partial charge in [-0.05, 0) is 42.3 Å². The van der Waals surface area contributed by atoms with E-state index in [0.717, 1.165) is 38.4 Å². The number of hydrogen-bond acceptors (Lipinski definition) is 5. The van der Waals surface area contributed by atoms with Crippen molar-refractivity contribution in [3.05, 3.63) is 54.2 Å². The van der Waals surface area contributed by atoms with Crippen LogP contribution in [0.5, 0.6) is 0 Å². The molecule has 1 aromatic heterocycles. The minimum atomic E-state index is -0.627. The summed E-state index contributed by atoms with van der Waals surface area (Å²) >= 11 is 0. The van der Waals surface area contributed by atoms with Crippen molar-refractivity contribution in [3.8, 4) is 0 Å². The number of halogens is 1. The molecule has 1 saturated heterocycles. The summed E-state index contributed by atoms with van der Waals surface area (Å²) in [5.74, 6) is -0.690. The molecule has 162 valence electrons. The van der Waals surface area contributed by atoms with Crippen molar-refractivity contribution in [2.75, 3.05) is 44.2 Å². The smallest absolute Gasteiger partial charge is 0.287 e. The van der Waals surface area contributed by atoms with Gasteiger partial charge >= 0.3 is 0 Å². The predicted molar refractivity (Wildman–Crippen MR) is 113 cm³/mol. The summed E-state index contributed by atoms with van der Waals surface area (Å²) in [6.45, 7) is 8.48. The highest BCUT2D eigenvalue weighted by atomic mass is 19.1. The molecule has 0 aliphatic carbocycles. The Morgan fingerprint density at radius 2 is 1.80 bits per heavy atom. The van der Waals surface area contributed by atoms with Gasteiger partial charge in [-0.2, -0.15) is 0 Å². The van der Waals surface area contributed by atoms with Crippen molar-refractivity contribution in [2.45, 2.75) is 19.9 Å². The van der Waals surface area contributed by atoms with Gasteiger partial charge in [-0.1, -0.05) is 13.8 Å². The topological polar surface area (TPSA) is 77.8 Å². The van der Waals surface area contributed by atoms with E-state index in [4.69, 9.17) is 4.42 Å². The highest BCUT2D eigenvalue weighted by Crippen LogP contribution is 2.16. The van der Waals surface area contributed by atoms with Crippen LogP contribution in [0.3, 0.4) is 0 Å². The molecule has 1 aromatic carbocycles. The summed E-state index contributed by atoms with van der Waals surface area (Å²) in [6, 6.07) is 9.13. The van der Waals surface area contributed by atoms with Crippen molar-refractivity contribution >= 4 is 17.5 Å². The van der Waals surface area contributed by atoms with E-state index < -0.39 is 11.9 Å². The van der Waals surface area contributed by atoms with Crippen LogP contribution in [-0.2, 0) is 4.79 Å². The lowest BCUT2D eigenvalue weighted by molar-refractivity contribution is -0.124. The molecule has 1 aliphatic heterocycles. The standard InChI is InChI=1S/C22H29FN4O3/c1-16(2)20(25-21(28)19-4-3-15-30-19)22(29)24-9-10-26-11-13-27(14-12-26)18-7-5-17(23)6-8-18/h3-8,15-16,20H,9-14H2,1-2H3,(H,24,29)(H,25,28). The van der Waals surface area contributed by atoms with Gasteiger partial charge in [-0.15, -0.1) is 0 Å². The van der Waals surface area contributed by atoms with Crippen LogP contribution in [0.15, 0.2) is 47.1 Å². The van der Waals surface area contributed by atoms with Crippen LogP contribution < -0.4 is 15.5 Å². The molecular weight excluding hydrogens is 387 g/mol. The van der Waals surface area contributed by atoms with Crippen LogP contribution >= 0.6 is 0 Å². The minimum Gasteiger partial charge on any atom is -0.459 e. The van der Waals surface area contributed by atoms with E-state index in [-0.39, 0.29) is 23.4 Å². The maximum absolute atomic E-state index is 13.1. The Labute approximate surface area is 176 Å². The molecule has 8 heteroatoms. The molecule has 1 aliphatic rings. The lowest BCUT2D eigenvalue weighted by Crippen LogP contribution is -2.52. The quantitative estimate of drug-likeness (QED) is 0.689. The number of hydrogen-bond donors (Lipinski definition) is 2. The number of anilines is 1. The number of amides is 2. The molecule has 30 heavy (non-hydrogen) atoms. The molecule has 2 heterocycles. The third-order valence-electron chi connectivity index (χ3n) is 5.27. The van der Waals surface area contributed by atoms with Crippen molar-refractivity contribution in [3.63, 3.8) is 0 Å². The first kappa shape index (κ1) is 21.8. The second-order valence-electron chi connectivity index (χ2n) is 7.77. The molecule has 7 nitrogen and oxygen atoms in total. The molecule has 2 N–H and O–H groups in total. The predicted octanol–water partition coefficient (Wildman–Crippen LogP) is 2.11. The first-order valence-corrected chi connectivity index (χ1v) is 10.3. The Morgan fingerprint density at radius 3 is 2.40 bits per heavy atom. The second kappa shape index (κ2) is 10.2. The van der Waals surface area contributed by atoms with Crippen LogP contribution in [0.2, 0.25) is 0 Å². The van der Waals surface area contributed by atoms with Crippen LogP contribution in [-0.4, -0.2) is 62.0 Å². The third kappa shape index (κ3) is 5.82. The molecule has 0 saturated carbocycles. The van der Waals surface area contributed by atoms with Gasteiger partial charge in [0.25, 0.3) is 5.91 Å². The van der Waals surface area contributed by atoms with Gasteiger partial charge in [0, 0.05) is 45.0 Å². The SMILES string of the molecule is CC(C)C(NC(=O)c1ccco1)C(=O)NCCN1CCN(c2ccc(F)cc2)CC1. The molecule has 1 atom stereocenters. The lowest BCUT2D eigenvalue weighted by atomic mass is 10.0. The van der Waals surface area contributed by atoms with E-state index >= 15 is 0 Å². The maximum Gasteiger partial charge on any atom is 0.287 e. The van der Waals surface area contributed by atoms with Gasteiger partial charge in [0.1, 0.15) is 11.9 Å². The van der Waals surface area contributed by atoms with Crippen molar-refractivity contribution < 1.29 is 18.4 Å². The Kier molecular flexibility index (Phi) is 7.46. The zero-order valence-electron chi connectivity index (χ0n) is 17.4. The van der Waals surface area contributed by atoms with E-state index in [1.54, 1.807) is 24.3 Å². The Morgan fingerprint density at radius 1 is 1.10 bits per heavy atom. The Bertz CT molecular complexity index is 815. The van der Waals surface area contributed by atoms with Gasteiger partial charge in [0.2, 0.25) is 5.91 Å². The van der Waals surface area contributed by atoms with Crippen molar-refractivity contribution in [1.29, 1.82) is 0 Å². The molecule has 3 rings (SSSR count). The fourth-order valence-electron chi connectivity index (χ4n) is 3.48. The molecular formula is C22H29FN4O3. The number of carbonyl (C=O) groups is 2. The molecule has 0 spiro atoms. The number of furan rings is 1. The second-order valence-corrected chi connectivity index (χ2v) is 7.77. The molecule has 2 aromatic rings. The normalized spacial score (nSPS) is 15.8. The molecule has 2 amide bonds. The Hall–Kier alpha value is -2.87. The van der Waals surface area contributed by atoms with E-state index in [1.165, 1.54) is 18.4 Å². The van der Waals surface area contributed by atoms with E-state index in [0.29, 0.717) is 6.54 Å². The third-order valence-corrected chi connectivity index (χ3v) is 5.27. The first-order chi connectivity index (χ1) is 14.4. The minimum absolute atomic E-state index is 0.0526. The number of nitrogens with zero attached hydrogens (tertiary/aromatic N) is 2. The van der Waals surface area contributed by atoms with Gasteiger partial charge < -0.3 is 20.0 Å². The summed E-state index contributed by atoms with van der Waals surface area (Å²) < 4.78 is 18.2. The van der Waals surface area contributed by atoms with Crippen molar-refractivity contribution in [2.24, 2.45) is 5.92 Å². The zero-order chi connectivity index (χ0) is 21.5. The van der Waals surface area contributed by atoms with Gasteiger partial charge in [0.05, 0.1) is 6.26 Å². The fraction of sp³-hybridized carbons (Fsp3) is 0.455. The molecule has 0 radical (unpaired) electrons. The maximum atomic E-state index is 13.1. The van der Waals surface area contributed by atoms with Gasteiger partial charge in [-0.3, -0.25) is 14.5 Å². The van der Waals surface area contributed by atoms with Crippen LogP contribution in [0.4, 0.5) is 10.1 Å². The fourth-order valence-corrected chi connectivity index (χ4v) is 3.48. The number of piperazine rings is 1. The summed E-state index contributed by atoms with van der Waals surface area (Å²) in [5.41, 5.74) is 1.02. The van der Waals surface area contributed by atoms with E-state index in [2.05, 4.69) is 20.4 Å². The number of nitrogens with one attached hydrogen (secondary N) is 2. The molecule has 1 unspecified atom stereocenters. The van der Waals surface area contributed by atoms with Gasteiger partial charge in [-0.25, -0.2) is 4.39 Å². The molecule has 1 fully saturated rings.